The lowest BCUT2D eigenvalue weighted by Crippen LogP contribution is -2.34. The van der Waals surface area contributed by atoms with Gasteiger partial charge in [-0.2, -0.15) is 0 Å². The highest BCUT2D eigenvalue weighted by Crippen LogP contribution is 2.19. The van der Waals surface area contributed by atoms with E-state index in [1.54, 1.807) is 12.1 Å². The van der Waals surface area contributed by atoms with Crippen LogP contribution in [0, 0.1) is 15.4 Å². The van der Waals surface area contributed by atoms with Crippen LogP contribution in [0.25, 0.3) is 0 Å². The first-order valence-corrected chi connectivity index (χ1v) is 7.46. The number of hydrogen-bond donors (Lipinski definition) is 3. The first-order valence-electron chi connectivity index (χ1n) is 6.39. The van der Waals surface area contributed by atoms with Crippen molar-refractivity contribution in [2.45, 2.75) is 20.8 Å². The Morgan fingerprint density at radius 1 is 1.30 bits per heavy atom. The van der Waals surface area contributed by atoms with E-state index in [1.165, 1.54) is 6.07 Å². The van der Waals surface area contributed by atoms with Crippen molar-refractivity contribution in [2.24, 2.45) is 11.8 Å². The van der Waals surface area contributed by atoms with Crippen LogP contribution in [-0.2, 0) is 0 Å². The highest BCUT2D eigenvalue weighted by Gasteiger charge is 2.14. The Morgan fingerprint density at radius 3 is 2.50 bits per heavy atom. The number of anilines is 1. The standard InChI is InChI=1S/C14H19IN2O3/c1-8(2)9(3)7-16-14(20)17-12-5-4-10(15)6-11(12)13(18)19/h4-6,8-9H,7H2,1-3H3,(H,18,19)(H2,16,17,20). The fourth-order valence-electron chi connectivity index (χ4n) is 1.46. The molecule has 1 aromatic rings. The molecule has 0 aromatic heterocycles. The highest BCUT2D eigenvalue weighted by molar-refractivity contribution is 14.1. The number of nitrogens with one attached hydrogen (secondary N) is 2. The quantitative estimate of drug-likeness (QED) is 0.675. The molecule has 0 heterocycles. The average molecular weight is 390 g/mol. The van der Waals surface area contributed by atoms with Gasteiger partial charge in [-0.25, -0.2) is 9.59 Å². The van der Waals surface area contributed by atoms with Gasteiger partial charge in [-0.05, 0) is 52.6 Å². The molecule has 0 spiro atoms. The molecule has 0 aliphatic carbocycles. The van der Waals surface area contributed by atoms with Gasteiger partial charge in [0.25, 0.3) is 0 Å². The average Bonchev–Trinajstić information content (AvgIpc) is 2.37. The van der Waals surface area contributed by atoms with Crippen LogP contribution in [0.3, 0.4) is 0 Å². The van der Waals surface area contributed by atoms with Gasteiger partial charge in [0.2, 0.25) is 0 Å². The Balaban J connectivity index is 2.69. The number of hydrogen-bond acceptors (Lipinski definition) is 2. The van der Waals surface area contributed by atoms with Gasteiger partial charge >= 0.3 is 12.0 Å². The maximum atomic E-state index is 11.8. The van der Waals surface area contributed by atoms with Gasteiger partial charge in [0.05, 0.1) is 11.3 Å². The molecular weight excluding hydrogens is 371 g/mol. The minimum atomic E-state index is -1.06. The molecule has 0 saturated carbocycles. The second-order valence-electron chi connectivity index (χ2n) is 5.05. The first kappa shape index (κ1) is 16.7. The molecular formula is C14H19IN2O3. The molecule has 6 heteroatoms. The van der Waals surface area contributed by atoms with E-state index >= 15 is 0 Å². The van der Waals surface area contributed by atoms with Crippen LogP contribution >= 0.6 is 22.6 Å². The van der Waals surface area contributed by atoms with Gasteiger partial charge in [0.15, 0.2) is 0 Å². The second kappa shape index (κ2) is 7.47. The number of benzene rings is 1. The van der Waals surface area contributed by atoms with Crippen molar-refractivity contribution < 1.29 is 14.7 Å². The minimum Gasteiger partial charge on any atom is -0.478 e. The molecule has 110 valence electrons. The SMILES string of the molecule is CC(C)C(C)CNC(=O)Nc1ccc(I)cc1C(=O)O. The molecule has 3 N–H and O–H groups in total. The van der Waals surface area contributed by atoms with Crippen LogP contribution in [0.2, 0.25) is 0 Å². The fourth-order valence-corrected chi connectivity index (χ4v) is 1.95. The van der Waals surface area contributed by atoms with Gasteiger partial charge in [-0.15, -0.1) is 0 Å². The predicted octanol–water partition coefficient (Wildman–Crippen LogP) is 3.40. The number of carbonyl (C=O) groups is 2. The van der Waals surface area contributed by atoms with Crippen molar-refractivity contribution >= 4 is 40.3 Å². The molecule has 20 heavy (non-hydrogen) atoms. The monoisotopic (exact) mass is 390 g/mol. The number of halogens is 1. The van der Waals surface area contributed by atoms with Crippen molar-refractivity contribution in [1.29, 1.82) is 0 Å². The van der Waals surface area contributed by atoms with Crippen LogP contribution in [0.4, 0.5) is 10.5 Å². The zero-order valence-electron chi connectivity index (χ0n) is 11.7. The third kappa shape index (κ3) is 4.99. The number of carbonyl (C=O) groups excluding carboxylic acids is 1. The van der Waals surface area contributed by atoms with Crippen molar-refractivity contribution in [1.82, 2.24) is 5.32 Å². The van der Waals surface area contributed by atoms with E-state index in [1.807, 2.05) is 22.6 Å². The summed E-state index contributed by atoms with van der Waals surface area (Å²) in [4.78, 5) is 22.9. The summed E-state index contributed by atoms with van der Waals surface area (Å²) < 4.78 is 0.805. The van der Waals surface area contributed by atoms with E-state index < -0.39 is 5.97 Å². The van der Waals surface area contributed by atoms with Crippen molar-refractivity contribution in [3.05, 3.63) is 27.3 Å². The molecule has 1 aromatic carbocycles. The summed E-state index contributed by atoms with van der Waals surface area (Å²) in [5.74, 6) is -0.228. The first-order chi connectivity index (χ1) is 9.31. The Labute approximate surface area is 132 Å². The smallest absolute Gasteiger partial charge is 0.337 e. The number of carboxylic acids is 1. The zero-order valence-corrected chi connectivity index (χ0v) is 13.9. The number of urea groups is 1. The summed E-state index contributed by atoms with van der Waals surface area (Å²) >= 11 is 2.03. The molecule has 1 rings (SSSR count). The summed E-state index contributed by atoms with van der Waals surface area (Å²) in [5.41, 5.74) is 0.386. The van der Waals surface area contributed by atoms with E-state index in [4.69, 9.17) is 5.11 Å². The maximum Gasteiger partial charge on any atom is 0.337 e. The molecule has 0 aliphatic heterocycles. The van der Waals surface area contributed by atoms with Crippen LogP contribution in [0.15, 0.2) is 18.2 Å². The summed E-state index contributed by atoms with van der Waals surface area (Å²) in [7, 11) is 0. The van der Waals surface area contributed by atoms with Crippen LogP contribution in [0.5, 0.6) is 0 Å². The van der Waals surface area contributed by atoms with Gasteiger partial charge in [-0.1, -0.05) is 20.8 Å². The van der Waals surface area contributed by atoms with E-state index in [0.29, 0.717) is 24.1 Å². The lowest BCUT2D eigenvalue weighted by Gasteiger charge is -2.16. The number of rotatable bonds is 5. The van der Waals surface area contributed by atoms with Gasteiger partial charge < -0.3 is 15.7 Å². The van der Waals surface area contributed by atoms with Gasteiger partial charge in [0, 0.05) is 10.1 Å². The fraction of sp³-hybridized carbons (Fsp3) is 0.429. The maximum absolute atomic E-state index is 11.8. The van der Waals surface area contributed by atoms with Crippen LogP contribution in [-0.4, -0.2) is 23.7 Å². The minimum absolute atomic E-state index is 0.0870. The molecule has 1 unspecified atom stereocenters. The van der Waals surface area contributed by atoms with Gasteiger partial charge in [-0.3, -0.25) is 0 Å². The van der Waals surface area contributed by atoms with Gasteiger partial charge in [0.1, 0.15) is 0 Å². The van der Waals surface area contributed by atoms with E-state index in [-0.39, 0.29) is 11.6 Å². The Hall–Kier alpha value is -1.31. The summed E-state index contributed by atoms with van der Waals surface area (Å²) in [6, 6.07) is 4.48. The number of amides is 2. The van der Waals surface area contributed by atoms with E-state index in [2.05, 4.69) is 31.4 Å². The molecule has 0 radical (unpaired) electrons. The Morgan fingerprint density at radius 2 is 1.95 bits per heavy atom. The van der Waals surface area contributed by atoms with E-state index in [0.717, 1.165) is 3.57 Å². The normalized spacial score (nSPS) is 12.1. The summed E-state index contributed by atoms with van der Waals surface area (Å²) in [6.45, 7) is 6.78. The molecule has 5 nitrogen and oxygen atoms in total. The summed E-state index contributed by atoms with van der Waals surface area (Å²) in [5, 5.41) is 14.4. The molecule has 0 fully saturated rings. The largest absolute Gasteiger partial charge is 0.478 e. The van der Waals surface area contributed by atoms with Crippen molar-refractivity contribution in [3.63, 3.8) is 0 Å². The Kier molecular flexibility index (Phi) is 6.25. The van der Waals surface area contributed by atoms with Crippen molar-refractivity contribution in [3.8, 4) is 0 Å². The van der Waals surface area contributed by atoms with Crippen LogP contribution in [0.1, 0.15) is 31.1 Å². The van der Waals surface area contributed by atoms with Crippen LogP contribution < -0.4 is 10.6 Å². The molecule has 0 saturated heterocycles. The van der Waals surface area contributed by atoms with Crippen molar-refractivity contribution in [2.75, 3.05) is 11.9 Å². The topological polar surface area (TPSA) is 78.4 Å². The molecule has 1 atom stereocenters. The number of aromatic carboxylic acids is 1. The highest BCUT2D eigenvalue weighted by atomic mass is 127. The van der Waals surface area contributed by atoms with E-state index in [9.17, 15) is 9.59 Å². The molecule has 0 bridgehead atoms. The predicted molar refractivity (Wildman–Crippen MR) is 87.1 cm³/mol. The zero-order chi connectivity index (χ0) is 15.3. The number of carboxylic acid groups (broad SMARTS) is 1. The summed E-state index contributed by atoms with van der Waals surface area (Å²) in [6.07, 6.45) is 0. The lowest BCUT2D eigenvalue weighted by atomic mass is 9.98. The third-order valence-corrected chi connectivity index (χ3v) is 3.85. The third-order valence-electron chi connectivity index (χ3n) is 3.18. The molecule has 0 aliphatic rings. The molecule has 2 amide bonds. The lowest BCUT2D eigenvalue weighted by molar-refractivity contribution is 0.0698. The Bertz CT molecular complexity index is 503. The second-order valence-corrected chi connectivity index (χ2v) is 6.30.